The summed E-state index contributed by atoms with van der Waals surface area (Å²) in [4.78, 5) is 25.3. The van der Waals surface area contributed by atoms with Crippen molar-refractivity contribution in [2.24, 2.45) is 11.8 Å². The summed E-state index contributed by atoms with van der Waals surface area (Å²) in [7, 11) is 0. The summed E-state index contributed by atoms with van der Waals surface area (Å²) in [5, 5.41) is 10.9. The molecule has 7 heteroatoms. The molecule has 42 heavy (non-hydrogen) atoms. The van der Waals surface area contributed by atoms with Crippen molar-refractivity contribution in [3.8, 4) is 0 Å². The van der Waals surface area contributed by atoms with Crippen LogP contribution in [0.3, 0.4) is 0 Å². The lowest BCUT2D eigenvalue weighted by molar-refractivity contribution is -0.155. The molecule has 2 aromatic rings. The monoisotopic (exact) mass is 578 g/mol. The highest BCUT2D eigenvalue weighted by Gasteiger charge is 2.42. The summed E-state index contributed by atoms with van der Waals surface area (Å²) < 4.78 is 22.7. The Hall–Kier alpha value is -3.32. The highest BCUT2D eigenvalue weighted by atomic mass is 16.6. The molecule has 4 rings (SSSR count). The minimum absolute atomic E-state index is 0.0777. The lowest BCUT2D eigenvalue weighted by Crippen LogP contribution is -2.34. The zero-order chi connectivity index (χ0) is 29.6. The Kier molecular flexibility index (Phi) is 12.8. The summed E-state index contributed by atoms with van der Waals surface area (Å²) in [6.45, 7) is 2.25. The molecule has 0 amide bonds. The SMILES string of the molecule is CCCCCCC1CCC(CCC(=O)OCC(O)C2OC(=O)C(OCc3ccccc3)=C2OCc2ccccc2)CC1. The number of benzene rings is 2. The number of hydrogen-bond donors (Lipinski definition) is 1. The number of cyclic esters (lactones) is 1. The number of esters is 2. The van der Waals surface area contributed by atoms with Crippen molar-refractivity contribution in [3.63, 3.8) is 0 Å². The van der Waals surface area contributed by atoms with E-state index < -0.39 is 18.2 Å². The van der Waals surface area contributed by atoms with Gasteiger partial charge in [0.25, 0.3) is 0 Å². The normalized spacial score (nSPS) is 21.1. The first-order valence-corrected chi connectivity index (χ1v) is 15.7. The molecular weight excluding hydrogens is 532 g/mol. The maximum absolute atomic E-state index is 12.8. The van der Waals surface area contributed by atoms with Gasteiger partial charge >= 0.3 is 11.9 Å². The molecular formula is C35H46O7. The van der Waals surface area contributed by atoms with Crippen LogP contribution in [0.5, 0.6) is 0 Å². The Morgan fingerprint density at radius 3 is 2.07 bits per heavy atom. The van der Waals surface area contributed by atoms with Gasteiger partial charge in [0.05, 0.1) is 0 Å². The highest BCUT2D eigenvalue weighted by molar-refractivity contribution is 5.89. The van der Waals surface area contributed by atoms with Crippen LogP contribution >= 0.6 is 0 Å². The van der Waals surface area contributed by atoms with Crippen LogP contribution in [0.2, 0.25) is 0 Å². The minimum Gasteiger partial charge on any atom is -0.485 e. The zero-order valence-electron chi connectivity index (χ0n) is 24.9. The van der Waals surface area contributed by atoms with Crippen molar-refractivity contribution < 1.29 is 33.6 Å². The number of ether oxygens (including phenoxy) is 4. The maximum Gasteiger partial charge on any atom is 0.378 e. The van der Waals surface area contributed by atoms with Crippen LogP contribution in [0.4, 0.5) is 0 Å². The van der Waals surface area contributed by atoms with Crippen molar-refractivity contribution in [2.75, 3.05) is 6.61 Å². The van der Waals surface area contributed by atoms with E-state index in [1.165, 1.54) is 57.8 Å². The molecule has 0 bridgehead atoms. The largest absolute Gasteiger partial charge is 0.485 e. The third kappa shape index (κ3) is 9.90. The van der Waals surface area contributed by atoms with Gasteiger partial charge in [0.15, 0.2) is 11.9 Å². The van der Waals surface area contributed by atoms with Crippen molar-refractivity contribution in [2.45, 2.75) is 103 Å². The smallest absolute Gasteiger partial charge is 0.378 e. The second kappa shape index (κ2) is 17.0. The molecule has 7 nitrogen and oxygen atoms in total. The number of carbonyl (C=O) groups is 2. The Labute approximate surface area is 250 Å². The fraction of sp³-hybridized carbons (Fsp3) is 0.543. The molecule has 2 aromatic carbocycles. The number of aliphatic hydroxyl groups is 1. The van der Waals surface area contributed by atoms with Crippen LogP contribution in [0, 0.1) is 11.8 Å². The number of aliphatic hydroxyl groups excluding tert-OH is 1. The van der Waals surface area contributed by atoms with Crippen LogP contribution in [-0.4, -0.2) is 35.9 Å². The van der Waals surface area contributed by atoms with Gasteiger partial charge in [-0.05, 0) is 29.4 Å². The molecule has 1 aliphatic heterocycles. The van der Waals surface area contributed by atoms with E-state index in [-0.39, 0.29) is 37.3 Å². The van der Waals surface area contributed by atoms with E-state index in [9.17, 15) is 14.7 Å². The van der Waals surface area contributed by atoms with Gasteiger partial charge in [-0.3, -0.25) is 4.79 Å². The standard InChI is InChI=1S/C35H46O7/c1-2-3-4-7-12-26-17-19-27(20-18-26)21-22-31(37)39-25-30(36)32-33(40-23-28-13-8-5-9-14-28)34(35(38)42-32)41-24-29-15-10-6-11-16-29/h5-6,8-11,13-16,26-27,30,32,36H,2-4,7,12,17-25H2,1H3. The Morgan fingerprint density at radius 1 is 0.857 bits per heavy atom. The fourth-order valence-electron chi connectivity index (χ4n) is 5.78. The molecule has 2 unspecified atom stereocenters. The van der Waals surface area contributed by atoms with E-state index in [2.05, 4.69) is 6.92 Å². The number of carbonyl (C=O) groups excluding carboxylic acids is 2. The molecule has 1 fully saturated rings. The fourth-order valence-corrected chi connectivity index (χ4v) is 5.78. The van der Waals surface area contributed by atoms with Gasteiger partial charge in [0.1, 0.15) is 25.9 Å². The molecule has 1 aliphatic carbocycles. The Bertz CT molecular complexity index is 1120. The molecule has 1 heterocycles. The lowest BCUT2D eigenvalue weighted by Gasteiger charge is -2.28. The predicted molar refractivity (Wildman–Crippen MR) is 160 cm³/mol. The second-order valence-corrected chi connectivity index (χ2v) is 11.6. The second-order valence-electron chi connectivity index (χ2n) is 11.6. The van der Waals surface area contributed by atoms with Crippen LogP contribution in [0.15, 0.2) is 72.2 Å². The Balaban J connectivity index is 1.26. The molecule has 0 aromatic heterocycles. The highest BCUT2D eigenvalue weighted by Crippen LogP contribution is 2.34. The van der Waals surface area contributed by atoms with E-state index in [1.807, 2.05) is 60.7 Å². The first-order chi connectivity index (χ1) is 20.5. The van der Waals surface area contributed by atoms with E-state index in [4.69, 9.17) is 18.9 Å². The summed E-state index contributed by atoms with van der Waals surface area (Å²) in [5.74, 6) is 0.347. The van der Waals surface area contributed by atoms with Gasteiger partial charge in [-0.15, -0.1) is 0 Å². The number of unbranched alkanes of at least 4 members (excludes halogenated alkanes) is 3. The number of rotatable bonds is 17. The summed E-state index contributed by atoms with van der Waals surface area (Å²) in [6.07, 6.45) is 10.2. The van der Waals surface area contributed by atoms with Crippen LogP contribution in [0.1, 0.15) is 88.7 Å². The lowest BCUT2D eigenvalue weighted by atomic mass is 9.78. The first kappa shape index (κ1) is 31.6. The summed E-state index contributed by atoms with van der Waals surface area (Å²) >= 11 is 0. The quantitative estimate of drug-likeness (QED) is 0.159. The van der Waals surface area contributed by atoms with Gasteiger partial charge in [-0.1, -0.05) is 125 Å². The maximum atomic E-state index is 12.8. The average molecular weight is 579 g/mol. The predicted octanol–water partition coefficient (Wildman–Crippen LogP) is 7.02. The Morgan fingerprint density at radius 2 is 1.45 bits per heavy atom. The zero-order valence-corrected chi connectivity index (χ0v) is 24.9. The van der Waals surface area contributed by atoms with Crippen molar-refractivity contribution in [1.82, 2.24) is 0 Å². The summed E-state index contributed by atoms with van der Waals surface area (Å²) in [6, 6.07) is 18.9. The van der Waals surface area contributed by atoms with E-state index in [1.54, 1.807) is 0 Å². The number of hydrogen-bond acceptors (Lipinski definition) is 7. The van der Waals surface area contributed by atoms with Crippen LogP contribution < -0.4 is 0 Å². The van der Waals surface area contributed by atoms with E-state index in [0.717, 1.165) is 23.5 Å². The van der Waals surface area contributed by atoms with Gasteiger partial charge < -0.3 is 24.1 Å². The average Bonchev–Trinajstić information content (AvgIpc) is 3.35. The topological polar surface area (TPSA) is 91.3 Å². The molecule has 0 radical (unpaired) electrons. The minimum atomic E-state index is -1.29. The molecule has 2 atom stereocenters. The van der Waals surface area contributed by atoms with Crippen LogP contribution in [0.25, 0.3) is 0 Å². The molecule has 1 N–H and O–H groups in total. The van der Waals surface area contributed by atoms with Gasteiger partial charge in [0.2, 0.25) is 5.76 Å². The molecule has 0 saturated heterocycles. The van der Waals surface area contributed by atoms with Crippen molar-refractivity contribution in [3.05, 3.63) is 83.3 Å². The first-order valence-electron chi connectivity index (χ1n) is 15.7. The van der Waals surface area contributed by atoms with Gasteiger partial charge in [-0.25, -0.2) is 4.79 Å². The summed E-state index contributed by atoms with van der Waals surface area (Å²) in [5.41, 5.74) is 1.76. The van der Waals surface area contributed by atoms with Gasteiger partial charge in [0, 0.05) is 6.42 Å². The third-order valence-electron chi connectivity index (χ3n) is 8.32. The third-order valence-corrected chi connectivity index (χ3v) is 8.32. The van der Waals surface area contributed by atoms with Crippen LogP contribution in [-0.2, 0) is 41.8 Å². The van der Waals surface area contributed by atoms with Crippen molar-refractivity contribution in [1.29, 1.82) is 0 Å². The molecule has 1 saturated carbocycles. The molecule has 228 valence electrons. The molecule has 0 spiro atoms. The van der Waals surface area contributed by atoms with Gasteiger partial charge in [-0.2, -0.15) is 0 Å². The van der Waals surface area contributed by atoms with Crippen molar-refractivity contribution >= 4 is 11.9 Å². The molecule has 2 aliphatic rings. The van der Waals surface area contributed by atoms with E-state index >= 15 is 0 Å². The van der Waals surface area contributed by atoms with E-state index in [0.29, 0.717) is 12.3 Å².